The van der Waals surface area contributed by atoms with E-state index in [1.165, 1.54) is 10.4 Å². The maximum atomic E-state index is 12.5. The Bertz CT molecular complexity index is 579. The van der Waals surface area contributed by atoms with Crippen LogP contribution >= 0.6 is 11.3 Å². The normalized spacial score (nSPS) is 20.4. The number of hydrogen-bond acceptors (Lipinski definition) is 4. The van der Waals surface area contributed by atoms with Crippen molar-refractivity contribution in [1.29, 1.82) is 0 Å². The van der Waals surface area contributed by atoms with Crippen molar-refractivity contribution in [3.63, 3.8) is 0 Å². The van der Waals surface area contributed by atoms with E-state index in [9.17, 15) is 13.2 Å². The summed E-state index contributed by atoms with van der Waals surface area (Å²) in [6.07, 6.45) is 2.92. The van der Waals surface area contributed by atoms with E-state index in [1.54, 1.807) is 6.07 Å². The van der Waals surface area contributed by atoms with Gasteiger partial charge in [0.15, 0.2) is 0 Å². The Morgan fingerprint density at radius 1 is 1.50 bits per heavy atom. The monoisotopic (exact) mass is 317 g/mol. The van der Waals surface area contributed by atoms with Crippen LogP contribution < -0.4 is 0 Å². The van der Waals surface area contributed by atoms with E-state index in [0.29, 0.717) is 23.9 Å². The Hall–Kier alpha value is -0.920. The van der Waals surface area contributed by atoms with Gasteiger partial charge in [0, 0.05) is 18.0 Å². The maximum absolute atomic E-state index is 12.5. The second-order valence-corrected chi connectivity index (χ2v) is 8.43. The molecule has 2 heterocycles. The summed E-state index contributed by atoms with van der Waals surface area (Å²) in [5, 5.41) is 8.73. The molecule has 5 nitrogen and oxygen atoms in total. The van der Waals surface area contributed by atoms with Crippen molar-refractivity contribution < 1.29 is 18.3 Å². The van der Waals surface area contributed by atoms with E-state index in [1.807, 2.05) is 0 Å². The molecule has 0 spiro atoms. The van der Waals surface area contributed by atoms with Gasteiger partial charge in [-0.15, -0.1) is 11.3 Å². The molecule has 0 bridgehead atoms. The number of thiophene rings is 1. The predicted octanol–water partition coefficient (Wildman–Crippen LogP) is 2.19. The molecule has 1 fully saturated rings. The molecule has 1 aromatic rings. The Morgan fingerprint density at radius 3 is 2.90 bits per heavy atom. The molecule has 1 saturated heterocycles. The molecule has 2 rings (SSSR count). The predicted molar refractivity (Wildman–Crippen MR) is 77.4 cm³/mol. The van der Waals surface area contributed by atoms with Crippen LogP contribution in [-0.2, 0) is 21.2 Å². The summed E-state index contributed by atoms with van der Waals surface area (Å²) in [6.45, 7) is 3.26. The lowest BCUT2D eigenvalue weighted by Crippen LogP contribution is -2.28. The summed E-state index contributed by atoms with van der Waals surface area (Å²) < 4.78 is 26.7. The SMILES string of the molecule is CCCC1CCN(S(=O)(=O)c2ccc(CC(=O)O)s2)C1. The summed E-state index contributed by atoms with van der Waals surface area (Å²) in [4.78, 5) is 11.2. The highest BCUT2D eigenvalue weighted by Crippen LogP contribution is 2.30. The number of rotatable bonds is 6. The molecular weight excluding hydrogens is 298 g/mol. The molecule has 1 aliphatic heterocycles. The first-order valence-electron chi connectivity index (χ1n) is 6.74. The first kappa shape index (κ1) is 15.5. The molecule has 0 aromatic carbocycles. The van der Waals surface area contributed by atoms with Gasteiger partial charge in [0.25, 0.3) is 10.0 Å². The molecule has 1 atom stereocenters. The number of carboxylic acid groups (broad SMARTS) is 1. The van der Waals surface area contributed by atoms with E-state index < -0.39 is 16.0 Å². The third-order valence-corrected chi connectivity index (χ3v) is 6.92. The fraction of sp³-hybridized carbons (Fsp3) is 0.615. The Morgan fingerprint density at radius 2 is 2.25 bits per heavy atom. The molecular formula is C13H19NO4S2. The van der Waals surface area contributed by atoms with Crippen molar-refractivity contribution in [2.24, 2.45) is 5.92 Å². The van der Waals surface area contributed by atoms with Gasteiger partial charge in [0.05, 0.1) is 6.42 Å². The third-order valence-electron chi connectivity index (χ3n) is 3.50. The summed E-state index contributed by atoms with van der Waals surface area (Å²) in [6, 6.07) is 3.11. The fourth-order valence-electron chi connectivity index (χ4n) is 2.53. The Kier molecular flexibility index (Phi) is 4.82. The topological polar surface area (TPSA) is 74.7 Å². The summed E-state index contributed by atoms with van der Waals surface area (Å²) in [7, 11) is -3.45. The van der Waals surface area contributed by atoms with E-state index in [-0.39, 0.29) is 10.6 Å². The van der Waals surface area contributed by atoms with Crippen LogP contribution in [0.25, 0.3) is 0 Å². The highest BCUT2D eigenvalue weighted by Gasteiger charge is 2.33. The van der Waals surface area contributed by atoms with E-state index in [0.717, 1.165) is 30.6 Å². The lowest BCUT2D eigenvalue weighted by atomic mass is 10.0. The molecule has 0 aliphatic carbocycles. The van der Waals surface area contributed by atoms with E-state index >= 15 is 0 Å². The van der Waals surface area contributed by atoms with Crippen LogP contribution in [0.4, 0.5) is 0 Å². The van der Waals surface area contributed by atoms with Gasteiger partial charge in [-0.05, 0) is 30.9 Å². The minimum Gasteiger partial charge on any atom is -0.481 e. The minimum absolute atomic E-state index is 0.126. The van der Waals surface area contributed by atoms with Crippen LogP contribution in [0.3, 0.4) is 0 Å². The molecule has 1 aromatic heterocycles. The third kappa shape index (κ3) is 3.39. The highest BCUT2D eigenvalue weighted by molar-refractivity contribution is 7.91. The lowest BCUT2D eigenvalue weighted by Gasteiger charge is -2.15. The van der Waals surface area contributed by atoms with Gasteiger partial charge in [-0.3, -0.25) is 4.79 Å². The zero-order valence-electron chi connectivity index (χ0n) is 11.4. The van der Waals surface area contributed by atoms with Gasteiger partial charge < -0.3 is 5.11 Å². The first-order valence-corrected chi connectivity index (χ1v) is 8.99. The molecule has 112 valence electrons. The van der Waals surface area contributed by atoms with Crippen LogP contribution in [-0.4, -0.2) is 36.9 Å². The minimum atomic E-state index is -3.45. The average Bonchev–Trinajstić information content (AvgIpc) is 2.98. The number of carbonyl (C=O) groups is 1. The van der Waals surface area contributed by atoms with Crippen molar-refractivity contribution in [2.45, 2.75) is 36.8 Å². The molecule has 0 saturated carbocycles. The standard InChI is InChI=1S/C13H19NO4S2/c1-2-3-10-6-7-14(9-10)20(17,18)13-5-4-11(19-13)8-12(15)16/h4-5,10H,2-3,6-9H2,1H3,(H,15,16). The second-order valence-electron chi connectivity index (χ2n) is 5.10. The lowest BCUT2D eigenvalue weighted by molar-refractivity contribution is -0.136. The van der Waals surface area contributed by atoms with Crippen molar-refractivity contribution in [1.82, 2.24) is 4.31 Å². The first-order chi connectivity index (χ1) is 9.43. The van der Waals surface area contributed by atoms with Gasteiger partial charge in [-0.2, -0.15) is 4.31 Å². The van der Waals surface area contributed by atoms with Crippen molar-refractivity contribution in [3.8, 4) is 0 Å². The number of hydrogen-bond donors (Lipinski definition) is 1. The molecule has 7 heteroatoms. The smallest absolute Gasteiger partial charge is 0.308 e. The molecule has 1 unspecified atom stereocenters. The van der Waals surface area contributed by atoms with Crippen LogP contribution in [0.5, 0.6) is 0 Å². The van der Waals surface area contributed by atoms with Gasteiger partial charge in [-0.1, -0.05) is 13.3 Å². The fourth-order valence-corrected chi connectivity index (χ4v) is 5.56. The van der Waals surface area contributed by atoms with Gasteiger partial charge in [0.2, 0.25) is 0 Å². The van der Waals surface area contributed by atoms with Gasteiger partial charge in [0.1, 0.15) is 4.21 Å². The number of nitrogens with zero attached hydrogens (tertiary/aromatic N) is 1. The van der Waals surface area contributed by atoms with Crippen molar-refractivity contribution in [3.05, 3.63) is 17.0 Å². The summed E-state index contributed by atoms with van der Waals surface area (Å²) >= 11 is 1.06. The van der Waals surface area contributed by atoms with Gasteiger partial charge in [-0.25, -0.2) is 8.42 Å². The van der Waals surface area contributed by atoms with Crippen LogP contribution in [0.2, 0.25) is 0 Å². The molecule has 20 heavy (non-hydrogen) atoms. The summed E-state index contributed by atoms with van der Waals surface area (Å²) in [5.74, 6) is -0.492. The van der Waals surface area contributed by atoms with Crippen LogP contribution in [0, 0.1) is 5.92 Å². The van der Waals surface area contributed by atoms with Gasteiger partial charge >= 0.3 is 5.97 Å². The van der Waals surface area contributed by atoms with E-state index in [4.69, 9.17) is 5.11 Å². The molecule has 1 N–H and O–H groups in total. The zero-order valence-corrected chi connectivity index (χ0v) is 13.0. The van der Waals surface area contributed by atoms with Crippen LogP contribution in [0.15, 0.2) is 16.3 Å². The number of carboxylic acids is 1. The largest absolute Gasteiger partial charge is 0.481 e. The highest BCUT2D eigenvalue weighted by atomic mass is 32.2. The maximum Gasteiger partial charge on any atom is 0.308 e. The van der Waals surface area contributed by atoms with Crippen molar-refractivity contribution in [2.75, 3.05) is 13.1 Å². The average molecular weight is 317 g/mol. The molecule has 0 radical (unpaired) electrons. The molecule has 1 aliphatic rings. The Labute approximate surface area is 123 Å². The quantitative estimate of drug-likeness (QED) is 0.872. The van der Waals surface area contributed by atoms with Crippen molar-refractivity contribution >= 4 is 27.3 Å². The zero-order chi connectivity index (χ0) is 14.8. The number of aliphatic carboxylic acids is 1. The Balaban J connectivity index is 2.11. The van der Waals surface area contributed by atoms with E-state index in [2.05, 4.69) is 6.92 Å². The number of sulfonamides is 1. The van der Waals surface area contributed by atoms with Crippen LogP contribution in [0.1, 0.15) is 31.1 Å². The molecule has 0 amide bonds. The second kappa shape index (κ2) is 6.24. The summed E-state index contributed by atoms with van der Waals surface area (Å²) in [5.41, 5.74) is 0.